The highest BCUT2D eigenvalue weighted by Crippen LogP contribution is 2.29. The number of nitrogens with one attached hydrogen (secondary N) is 2. The van der Waals surface area contributed by atoms with Crippen molar-refractivity contribution >= 4 is 34.7 Å². The maximum atomic E-state index is 12.0. The van der Waals surface area contributed by atoms with Crippen LogP contribution in [0.3, 0.4) is 0 Å². The maximum Gasteiger partial charge on any atom is 0.254 e. The van der Waals surface area contributed by atoms with E-state index in [1.807, 2.05) is 24.3 Å². The van der Waals surface area contributed by atoms with Gasteiger partial charge < -0.3 is 15.4 Å². The number of benzene rings is 1. The Bertz CT molecular complexity index is 583. The molecule has 1 aliphatic rings. The third kappa shape index (κ3) is 4.01. The summed E-state index contributed by atoms with van der Waals surface area (Å²) in [6.07, 6.45) is -0.422. The molecule has 1 atom stereocenters. The van der Waals surface area contributed by atoms with Gasteiger partial charge in [0.1, 0.15) is 11.6 Å². The lowest BCUT2D eigenvalue weighted by atomic mass is 10.2. The molecule has 1 aromatic carbocycles. The van der Waals surface area contributed by atoms with Crippen LogP contribution in [0.15, 0.2) is 39.0 Å². The van der Waals surface area contributed by atoms with Crippen LogP contribution < -0.4 is 10.6 Å². The summed E-state index contributed by atoms with van der Waals surface area (Å²) < 4.78 is 6.31. The minimum absolute atomic E-state index is 0.119. The number of carbonyl (C=O) groups excluding carboxylic acids is 1. The number of nitrogens with zero attached hydrogens (tertiary/aromatic N) is 2. The van der Waals surface area contributed by atoms with Crippen molar-refractivity contribution in [2.75, 3.05) is 25.0 Å². The predicted molar refractivity (Wildman–Crippen MR) is 81.7 cm³/mol. The molecule has 6 nitrogen and oxygen atoms in total. The van der Waals surface area contributed by atoms with Crippen molar-refractivity contribution in [3.05, 3.63) is 29.8 Å². The van der Waals surface area contributed by atoms with Crippen LogP contribution in [0.4, 0.5) is 5.69 Å². The third-order valence-corrected chi connectivity index (χ3v) is 4.67. The van der Waals surface area contributed by atoms with Gasteiger partial charge in [-0.3, -0.25) is 4.79 Å². The number of rotatable bonds is 4. The van der Waals surface area contributed by atoms with Gasteiger partial charge in [-0.25, -0.2) is 0 Å². The highest BCUT2D eigenvalue weighted by molar-refractivity contribution is 8.01. The van der Waals surface area contributed by atoms with E-state index >= 15 is 0 Å². The van der Waals surface area contributed by atoms with Crippen LogP contribution in [0.1, 0.15) is 0 Å². The molecule has 1 unspecified atom stereocenters. The van der Waals surface area contributed by atoms with E-state index in [1.165, 1.54) is 11.3 Å². The van der Waals surface area contributed by atoms with Crippen molar-refractivity contribution in [2.45, 2.75) is 15.3 Å². The fourth-order valence-electron chi connectivity index (χ4n) is 1.87. The first kappa shape index (κ1) is 14.5. The van der Waals surface area contributed by atoms with E-state index in [4.69, 9.17) is 4.74 Å². The van der Waals surface area contributed by atoms with Gasteiger partial charge in [-0.1, -0.05) is 23.1 Å². The molecule has 110 valence electrons. The number of morpholine rings is 1. The van der Waals surface area contributed by atoms with Crippen LogP contribution in [-0.2, 0) is 9.53 Å². The second kappa shape index (κ2) is 6.99. The summed E-state index contributed by atoms with van der Waals surface area (Å²) >= 11 is 3.05. The number of anilines is 1. The van der Waals surface area contributed by atoms with Gasteiger partial charge >= 0.3 is 0 Å². The zero-order chi connectivity index (χ0) is 14.5. The van der Waals surface area contributed by atoms with Gasteiger partial charge in [-0.2, -0.15) is 0 Å². The quantitative estimate of drug-likeness (QED) is 0.891. The Balaban J connectivity index is 1.57. The van der Waals surface area contributed by atoms with Crippen molar-refractivity contribution in [1.82, 2.24) is 15.5 Å². The highest BCUT2D eigenvalue weighted by atomic mass is 32.2. The van der Waals surface area contributed by atoms with Crippen molar-refractivity contribution in [3.63, 3.8) is 0 Å². The average molecular weight is 322 g/mol. The first-order valence-electron chi connectivity index (χ1n) is 6.48. The minimum atomic E-state index is -0.422. The Kier molecular flexibility index (Phi) is 4.81. The molecule has 1 amide bonds. The number of hydrogen-bond acceptors (Lipinski definition) is 7. The Morgan fingerprint density at radius 3 is 2.95 bits per heavy atom. The molecule has 0 saturated carbocycles. The predicted octanol–water partition coefficient (Wildman–Crippen LogP) is 1.62. The first-order chi connectivity index (χ1) is 10.3. The summed E-state index contributed by atoms with van der Waals surface area (Å²) in [5.74, 6) is -0.119. The second-order valence-corrected chi connectivity index (χ2v) is 6.54. The van der Waals surface area contributed by atoms with Crippen LogP contribution in [0, 0.1) is 0 Å². The van der Waals surface area contributed by atoms with Crippen LogP contribution in [0.5, 0.6) is 0 Å². The van der Waals surface area contributed by atoms with Crippen LogP contribution in [0.25, 0.3) is 0 Å². The Morgan fingerprint density at radius 1 is 1.43 bits per heavy atom. The molecule has 1 saturated heterocycles. The van der Waals surface area contributed by atoms with Gasteiger partial charge in [0, 0.05) is 23.7 Å². The zero-order valence-corrected chi connectivity index (χ0v) is 12.7. The number of amides is 1. The summed E-state index contributed by atoms with van der Waals surface area (Å²) in [7, 11) is 0. The fourth-order valence-corrected chi connectivity index (χ4v) is 3.32. The van der Waals surface area contributed by atoms with Crippen LogP contribution >= 0.6 is 23.1 Å². The molecule has 1 fully saturated rings. The van der Waals surface area contributed by atoms with E-state index in [0.29, 0.717) is 13.2 Å². The molecule has 2 heterocycles. The first-order valence-corrected chi connectivity index (χ1v) is 8.18. The van der Waals surface area contributed by atoms with Crippen molar-refractivity contribution in [1.29, 1.82) is 0 Å². The van der Waals surface area contributed by atoms with Crippen molar-refractivity contribution < 1.29 is 9.53 Å². The molecule has 0 spiro atoms. The monoisotopic (exact) mass is 322 g/mol. The van der Waals surface area contributed by atoms with Crippen molar-refractivity contribution in [3.8, 4) is 0 Å². The zero-order valence-electron chi connectivity index (χ0n) is 11.1. The van der Waals surface area contributed by atoms with Gasteiger partial charge in [0.05, 0.1) is 6.61 Å². The maximum absolute atomic E-state index is 12.0. The van der Waals surface area contributed by atoms with E-state index in [2.05, 4.69) is 20.8 Å². The lowest BCUT2D eigenvalue weighted by Crippen LogP contribution is -2.45. The molecular formula is C13H14N4O2S2. The lowest BCUT2D eigenvalue weighted by molar-refractivity contribution is -0.128. The van der Waals surface area contributed by atoms with Gasteiger partial charge in [0.2, 0.25) is 0 Å². The number of ether oxygens (including phenoxy) is 1. The van der Waals surface area contributed by atoms with E-state index in [9.17, 15) is 4.79 Å². The molecule has 1 aromatic heterocycles. The van der Waals surface area contributed by atoms with Gasteiger partial charge in [0.25, 0.3) is 5.91 Å². The van der Waals surface area contributed by atoms with E-state index in [0.717, 1.165) is 21.5 Å². The molecule has 0 radical (unpaired) electrons. The average Bonchev–Trinajstić information content (AvgIpc) is 3.03. The molecule has 2 aromatic rings. The minimum Gasteiger partial charge on any atom is -0.366 e. The summed E-state index contributed by atoms with van der Waals surface area (Å²) in [4.78, 5) is 13.1. The Hall–Kier alpha value is -1.48. The third-order valence-electron chi connectivity index (χ3n) is 2.89. The molecular weight excluding hydrogens is 308 g/mol. The Morgan fingerprint density at radius 2 is 2.29 bits per heavy atom. The van der Waals surface area contributed by atoms with E-state index in [-0.39, 0.29) is 5.91 Å². The SMILES string of the molecule is O=C(Nc1ccc(Sc2nncs2)cc1)C1CNCCO1. The topological polar surface area (TPSA) is 76.1 Å². The highest BCUT2D eigenvalue weighted by Gasteiger charge is 2.21. The van der Waals surface area contributed by atoms with E-state index in [1.54, 1.807) is 17.3 Å². The molecule has 0 aliphatic carbocycles. The standard InChI is InChI=1S/C13H14N4O2S2/c18-12(11-7-14-5-6-19-11)16-9-1-3-10(4-2-9)21-13-17-15-8-20-13/h1-4,8,11,14H,5-7H2,(H,16,18). The van der Waals surface area contributed by atoms with Crippen LogP contribution in [0.2, 0.25) is 0 Å². The van der Waals surface area contributed by atoms with E-state index < -0.39 is 6.10 Å². The lowest BCUT2D eigenvalue weighted by Gasteiger charge is -2.22. The Labute approximate surface area is 130 Å². The molecule has 2 N–H and O–H groups in total. The molecule has 1 aliphatic heterocycles. The number of carbonyl (C=O) groups is 1. The van der Waals surface area contributed by atoms with Crippen molar-refractivity contribution in [2.24, 2.45) is 0 Å². The second-order valence-electron chi connectivity index (χ2n) is 4.38. The molecule has 3 rings (SSSR count). The van der Waals surface area contributed by atoms with Gasteiger partial charge in [-0.05, 0) is 24.3 Å². The van der Waals surface area contributed by atoms with Gasteiger partial charge in [0.15, 0.2) is 4.34 Å². The largest absolute Gasteiger partial charge is 0.366 e. The smallest absolute Gasteiger partial charge is 0.254 e. The summed E-state index contributed by atoms with van der Waals surface area (Å²) in [5, 5.41) is 13.8. The summed E-state index contributed by atoms with van der Waals surface area (Å²) in [6, 6.07) is 7.64. The molecule has 8 heteroatoms. The number of aromatic nitrogens is 2. The normalized spacial score (nSPS) is 18.4. The summed E-state index contributed by atoms with van der Waals surface area (Å²) in [5.41, 5.74) is 2.46. The number of hydrogen-bond donors (Lipinski definition) is 2. The van der Waals surface area contributed by atoms with Crippen LogP contribution in [-0.4, -0.2) is 41.9 Å². The fraction of sp³-hybridized carbons (Fsp3) is 0.308. The summed E-state index contributed by atoms with van der Waals surface area (Å²) in [6.45, 7) is 1.91. The molecule has 21 heavy (non-hydrogen) atoms. The van der Waals surface area contributed by atoms with Gasteiger partial charge in [-0.15, -0.1) is 10.2 Å². The molecule has 0 bridgehead atoms.